The lowest BCUT2D eigenvalue weighted by Gasteiger charge is -2.33. The van der Waals surface area contributed by atoms with Crippen molar-refractivity contribution >= 4 is 22.2 Å². The van der Waals surface area contributed by atoms with Crippen LogP contribution in [0.4, 0.5) is 0 Å². The van der Waals surface area contributed by atoms with E-state index in [0.29, 0.717) is 5.69 Å². The molecule has 0 aliphatic carbocycles. The van der Waals surface area contributed by atoms with Gasteiger partial charge in [-0.15, -0.1) is 11.3 Å². The zero-order valence-corrected chi connectivity index (χ0v) is 11.2. The number of carbonyl (C=O) groups excluding carboxylic acids is 1. The van der Waals surface area contributed by atoms with Crippen LogP contribution in [0, 0.1) is 0 Å². The molecule has 6 heteroatoms. The number of thiazole rings is 1. The smallest absolute Gasteiger partial charge is 0.274 e. The number of nitrogens with zero attached hydrogens (tertiary/aromatic N) is 4. The number of amides is 1. The number of piperazine rings is 1. The minimum atomic E-state index is 0.0571. The molecule has 96 valence electrons. The van der Waals surface area contributed by atoms with Crippen molar-refractivity contribution in [1.29, 1.82) is 0 Å². The van der Waals surface area contributed by atoms with E-state index < -0.39 is 0 Å². The number of imidazole rings is 1. The third-order valence-electron chi connectivity index (χ3n) is 3.42. The second-order valence-electron chi connectivity index (χ2n) is 4.45. The Morgan fingerprint density at radius 3 is 2.83 bits per heavy atom. The standard InChI is InChI=1S/C12H16N4OS/c1-2-14-3-5-15(6-4-14)11(17)10-9-16-7-8-18-12(16)13-10/h7-9H,2-6H2,1H3. The molecule has 0 radical (unpaired) electrons. The van der Waals surface area contributed by atoms with Gasteiger partial charge in [-0.2, -0.15) is 0 Å². The van der Waals surface area contributed by atoms with Gasteiger partial charge in [0, 0.05) is 44.0 Å². The van der Waals surface area contributed by atoms with Gasteiger partial charge in [0.05, 0.1) is 0 Å². The molecule has 1 aliphatic heterocycles. The maximum atomic E-state index is 12.3. The number of carbonyl (C=O) groups is 1. The van der Waals surface area contributed by atoms with Crippen LogP contribution in [0.5, 0.6) is 0 Å². The van der Waals surface area contributed by atoms with Gasteiger partial charge in [-0.3, -0.25) is 9.20 Å². The van der Waals surface area contributed by atoms with Gasteiger partial charge in [0.1, 0.15) is 5.69 Å². The van der Waals surface area contributed by atoms with Crippen molar-refractivity contribution in [1.82, 2.24) is 19.2 Å². The molecule has 5 nitrogen and oxygen atoms in total. The summed E-state index contributed by atoms with van der Waals surface area (Å²) in [5, 5.41) is 1.97. The highest BCUT2D eigenvalue weighted by atomic mass is 32.1. The van der Waals surface area contributed by atoms with Gasteiger partial charge < -0.3 is 9.80 Å². The Morgan fingerprint density at radius 2 is 2.17 bits per heavy atom. The summed E-state index contributed by atoms with van der Waals surface area (Å²) in [7, 11) is 0. The molecular weight excluding hydrogens is 248 g/mol. The molecule has 2 aromatic rings. The molecule has 1 fully saturated rings. The summed E-state index contributed by atoms with van der Waals surface area (Å²) in [5.41, 5.74) is 0.562. The number of aromatic nitrogens is 2. The molecule has 3 rings (SSSR count). The van der Waals surface area contributed by atoms with E-state index >= 15 is 0 Å². The maximum Gasteiger partial charge on any atom is 0.274 e. The fourth-order valence-corrected chi connectivity index (χ4v) is 2.96. The van der Waals surface area contributed by atoms with Gasteiger partial charge in [-0.1, -0.05) is 6.92 Å². The number of likely N-dealkylation sites (N-methyl/N-ethyl adjacent to an activating group) is 1. The second kappa shape index (κ2) is 4.70. The number of hydrogen-bond donors (Lipinski definition) is 0. The van der Waals surface area contributed by atoms with Crippen LogP contribution in [0.3, 0.4) is 0 Å². The van der Waals surface area contributed by atoms with E-state index in [1.165, 1.54) is 0 Å². The topological polar surface area (TPSA) is 40.9 Å². The highest BCUT2D eigenvalue weighted by Crippen LogP contribution is 2.13. The zero-order chi connectivity index (χ0) is 12.5. The van der Waals surface area contributed by atoms with Crippen LogP contribution in [0.1, 0.15) is 17.4 Å². The van der Waals surface area contributed by atoms with E-state index in [9.17, 15) is 4.79 Å². The van der Waals surface area contributed by atoms with Crippen molar-refractivity contribution in [3.8, 4) is 0 Å². The summed E-state index contributed by atoms with van der Waals surface area (Å²) in [5.74, 6) is 0.0571. The van der Waals surface area contributed by atoms with Crippen LogP contribution in [0.25, 0.3) is 4.96 Å². The van der Waals surface area contributed by atoms with Crippen LogP contribution in [0.15, 0.2) is 17.8 Å². The lowest BCUT2D eigenvalue weighted by Crippen LogP contribution is -2.48. The Kier molecular flexibility index (Phi) is 3.05. The van der Waals surface area contributed by atoms with Gasteiger partial charge in [-0.25, -0.2) is 4.98 Å². The van der Waals surface area contributed by atoms with Crippen molar-refractivity contribution < 1.29 is 4.79 Å². The lowest BCUT2D eigenvalue weighted by atomic mass is 10.3. The molecule has 0 bridgehead atoms. The summed E-state index contributed by atoms with van der Waals surface area (Å²) < 4.78 is 1.90. The van der Waals surface area contributed by atoms with Gasteiger partial charge in [-0.05, 0) is 6.54 Å². The van der Waals surface area contributed by atoms with Crippen LogP contribution < -0.4 is 0 Å². The predicted molar refractivity (Wildman–Crippen MR) is 71.1 cm³/mol. The summed E-state index contributed by atoms with van der Waals surface area (Å²) in [6.45, 7) is 6.74. The van der Waals surface area contributed by atoms with Crippen LogP contribution >= 0.6 is 11.3 Å². The summed E-state index contributed by atoms with van der Waals surface area (Å²) in [6.07, 6.45) is 3.75. The molecular formula is C12H16N4OS. The average molecular weight is 264 g/mol. The lowest BCUT2D eigenvalue weighted by molar-refractivity contribution is 0.0638. The fraction of sp³-hybridized carbons (Fsp3) is 0.500. The fourth-order valence-electron chi connectivity index (χ4n) is 2.26. The SMILES string of the molecule is CCN1CCN(C(=O)c2cn3ccsc3n2)CC1. The Labute approximate surface area is 110 Å². The van der Waals surface area contributed by atoms with Gasteiger partial charge in [0.25, 0.3) is 5.91 Å². The first kappa shape index (κ1) is 11.7. The summed E-state index contributed by atoms with van der Waals surface area (Å²) in [4.78, 5) is 21.8. The van der Waals surface area contributed by atoms with Crippen molar-refractivity contribution in [3.05, 3.63) is 23.5 Å². The molecule has 3 heterocycles. The second-order valence-corrected chi connectivity index (χ2v) is 5.32. The van der Waals surface area contributed by atoms with Crippen LogP contribution in [-0.4, -0.2) is 57.8 Å². The van der Waals surface area contributed by atoms with Gasteiger partial charge in [0.15, 0.2) is 4.96 Å². The molecule has 18 heavy (non-hydrogen) atoms. The maximum absolute atomic E-state index is 12.3. The highest BCUT2D eigenvalue weighted by molar-refractivity contribution is 7.15. The van der Waals surface area contributed by atoms with Gasteiger partial charge >= 0.3 is 0 Å². The van der Waals surface area contributed by atoms with E-state index in [-0.39, 0.29) is 5.91 Å². The number of hydrogen-bond acceptors (Lipinski definition) is 4. The summed E-state index contributed by atoms with van der Waals surface area (Å²) in [6, 6.07) is 0. The van der Waals surface area contributed by atoms with Gasteiger partial charge in [0.2, 0.25) is 0 Å². The minimum absolute atomic E-state index is 0.0571. The first-order valence-corrected chi connectivity index (χ1v) is 7.09. The average Bonchev–Trinajstić information content (AvgIpc) is 2.99. The predicted octanol–water partition coefficient (Wildman–Crippen LogP) is 1.17. The monoisotopic (exact) mass is 264 g/mol. The van der Waals surface area contributed by atoms with Crippen molar-refractivity contribution in [2.45, 2.75) is 6.92 Å². The zero-order valence-electron chi connectivity index (χ0n) is 10.4. The van der Waals surface area contributed by atoms with Crippen molar-refractivity contribution in [2.24, 2.45) is 0 Å². The molecule has 0 atom stereocenters. The van der Waals surface area contributed by atoms with E-state index in [2.05, 4.69) is 16.8 Å². The Bertz CT molecular complexity index is 525. The largest absolute Gasteiger partial charge is 0.335 e. The number of rotatable bonds is 2. The summed E-state index contributed by atoms with van der Waals surface area (Å²) >= 11 is 1.55. The Balaban J connectivity index is 1.73. The van der Waals surface area contributed by atoms with Crippen LogP contribution in [0.2, 0.25) is 0 Å². The molecule has 1 amide bonds. The first-order chi connectivity index (χ1) is 8.78. The highest BCUT2D eigenvalue weighted by Gasteiger charge is 2.23. The molecule has 0 saturated carbocycles. The number of fused-ring (bicyclic) bond motifs is 1. The van der Waals surface area contributed by atoms with E-state index in [0.717, 1.165) is 37.7 Å². The molecule has 0 N–H and O–H groups in total. The molecule has 0 aromatic carbocycles. The third kappa shape index (κ3) is 2.02. The normalized spacial score (nSPS) is 17.5. The Morgan fingerprint density at radius 1 is 1.39 bits per heavy atom. The molecule has 1 saturated heterocycles. The van der Waals surface area contributed by atoms with Crippen molar-refractivity contribution in [2.75, 3.05) is 32.7 Å². The Hall–Kier alpha value is -1.40. The quantitative estimate of drug-likeness (QED) is 0.817. The van der Waals surface area contributed by atoms with Crippen molar-refractivity contribution in [3.63, 3.8) is 0 Å². The van der Waals surface area contributed by atoms with E-state index in [1.807, 2.05) is 27.1 Å². The molecule has 0 unspecified atom stereocenters. The molecule has 0 spiro atoms. The third-order valence-corrected chi connectivity index (χ3v) is 4.19. The molecule has 2 aromatic heterocycles. The van der Waals surface area contributed by atoms with Crippen LogP contribution in [-0.2, 0) is 0 Å². The van der Waals surface area contributed by atoms with E-state index in [1.54, 1.807) is 11.3 Å². The molecule has 1 aliphatic rings. The van der Waals surface area contributed by atoms with E-state index in [4.69, 9.17) is 0 Å². The minimum Gasteiger partial charge on any atom is -0.335 e. The first-order valence-electron chi connectivity index (χ1n) is 6.22.